The highest BCUT2D eigenvalue weighted by Crippen LogP contribution is 2.38. The Morgan fingerprint density at radius 3 is 2.58 bits per heavy atom. The van der Waals surface area contributed by atoms with Gasteiger partial charge in [-0.15, -0.1) is 0 Å². The third kappa shape index (κ3) is 6.33. The minimum absolute atomic E-state index is 0.165. The fourth-order valence-electron chi connectivity index (χ4n) is 3.43. The Balaban J connectivity index is 1.58. The van der Waals surface area contributed by atoms with Crippen LogP contribution in [0.4, 0.5) is 5.69 Å². The smallest absolute Gasteiger partial charge is 0.363 e. The van der Waals surface area contributed by atoms with Crippen molar-refractivity contribution in [2.75, 3.05) is 11.9 Å². The molecule has 0 saturated heterocycles. The number of nitrogens with one attached hydrogen (secondary N) is 1. The number of benzene rings is 3. The number of esters is 1. The first kappa shape index (κ1) is 25.9. The Bertz CT molecular complexity index is 1370. The molecule has 0 aromatic heterocycles. The van der Waals surface area contributed by atoms with Crippen molar-refractivity contribution in [1.29, 1.82) is 0 Å². The van der Waals surface area contributed by atoms with Crippen LogP contribution >= 0.6 is 38.5 Å². The second-order valence-electron chi connectivity index (χ2n) is 7.74. The first-order valence-corrected chi connectivity index (χ1v) is 12.9. The number of cyclic esters (lactones) is 1. The molecule has 3 aromatic rings. The highest BCUT2D eigenvalue weighted by Gasteiger charge is 2.24. The topological polar surface area (TPSA) is 86.2 Å². The maximum absolute atomic E-state index is 12.5. The number of rotatable bonds is 8. The van der Waals surface area contributed by atoms with Gasteiger partial charge in [0.15, 0.2) is 17.2 Å². The molecular weight excluding hydrogens is 639 g/mol. The molecule has 0 aliphatic carbocycles. The number of carbonyl (C=O) groups is 2. The van der Waals surface area contributed by atoms with Crippen molar-refractivity contribution in [2.45, 2.75) is 20.5 Å². The largest absolute Gasteiger partial charge is 0.490 e. The minimum atomic E-state index is -0.552. The third-order valence-electron chi connectivity index (χ3n) is 5.04. The average Bonchev–Trinajstić information content (AvgIpc) is 3.20. The predicted octanol–water partition coefficient (Wildman–Crippen LogP) is 6.33. The van der Waals surface area contributed by atoms with Gasteiger partial charge < -0.3 is 19.5 Å². The number of ether oxygens (including phenoxy) is 3. The van der Waals surface area contributed by atoms with E-state index in [1.807, 2.05) is 37.3 Å². The summed E-state index contributed by atoms with van der Waals surface area (Å²) in [6.07, 6.45) is 1.64. The van der Waals surface area contributed by atoms with Crippen LogP contribution in [0.5, 0.6) is 11.5 Å². The second kappa shape index (κ2) is 11.7. The molecule has 7 nitrogen and oxygen atoms in total. The maximum atomic E-state index is 12.5. The van der Waals surface area contributed by atoms with E-state index in [2.05, 4.69) is 48.8 Å². The van der Waals surface area contributed by atoms with Crippen LogP contribution in [0.1, 0.15) is 30.5 Å². The SMILES string of the molecule is CCOc1cc(/C=C2\N=C(c3ccc(NC(C)=O)cc3)OC2=O)cc(Br)c1OCc1ccccc1I. The van der Waals surface area contributed by atoms with Crippen LogP contribution in [0.2, 0.25) is 0 Å². The highest BCUT2D eigenvalue weighted by atomic mass is 127. The van der Waals surface area contributed by atoms with Crippen LogP contribution in [0, 0.1) is 3.57 Å². The van der Waals surface area contributed by atoms with Gasteiger partial charge in [-0.25, -0.2) is 9.79 Å². The van der Waals surface area contributed by atoms with Crippen molar-refractivity contribution < 1.29 is 23.8 Å². The molecular formula is C27H22BrIN2O5. The molecule has 1 N–H and O–H groups in total. The van der Waals surface area contributed by atoms with Gasteiger partial charge in [0.05, 0.1) is 11.1 Å². The fourth-order valence-corrected chi connectivity index (χ4v) is 4.55. The number of aliphatic imine (C=N–C) groups is 1. The van der Waals surface area contributed by atoms with Gasteiger partial charge in [-0.05, 0) is 99.5 Å². The summed E-state index contributed by atoms with van der Waals surface area (Å²) in [5.41, 5.74) is 3.20. The van der Waals surface area contributed by atoms with Gasteiger partial charge in [-0.1, -0.05) is 18.2 Å². The molecule has 4 rings (SSSR count). The Kier molecular flexibility index (Phi) is 8.42. The molecule has 36 heavy (non-hydrogen) atoms. The fraction of sp³-hybridized carbons (Fsp3) is 0.148. The Morgan fingerprint density at radius 2 is 1.89 bits per heavy atom. The van der Waals surface area contributed by atoms with Crippen molar-refractivity contribution in [3.8, 4) is 11.5 Å². The lowest BCUT2D eigenvalue weighted by Gasteiger charge is -2.15. The lowest BCUT2D eigenvalue weighted by atomic mass is 10.1. The number of hydrogen-bond donors (Lipinski definition) is 1. The number of halogens is 2. The third-order valence-corrected chi connectivity index (χ3v) is 6.68. The molecule has 0 unspecified atom stereocenters. The van der Waals surface area contributed by atoms with Crippen molar-refractivity contribution in [2.24, 2.45) is 4.99 Å². The van der Waals surface area contributed by atoms with Gasteiger partial charge in [0.1, 0.15) is 6.61 Å². The van der Waals surface area contributed by atoms with Gasteiger partial charge in [0.25, 0.3) is 0 Å². The molecule has 0 saturated carbocycles. The van der Waals surface area contributed by atoms with Gasteiger partial charge >= 0.3 is 5.97 Å². The summed E-state index contributed by atoms with van der Waals surface area (Å²) in [5, 5.41) is 2.69. The molecule has 0 fully saturated rings. The zero-order chi connectivity index (χ0) is 25.7. The van der Waals surface area contributed by atoms with Crippen LogP contribution in [0.3, 0.4) is 0 Å². The normalized spacial score (nSPS) is 13.8. The van der Waals surface area contributed by atoms with E-state index < -0.39 is 5.97 Å². The Hall–Kier alpha value is -3.18. The quantitative estimate of drug-likeness (QED) is 0.173. The van der Waals surface area contributed by atoms with Crippen LogP contribution in [-0.2, 0) is 20.9 Å². The predicted molar refractivity (Wildman–Crippen MR) is 150 cm³/mol. The minimum Gasteiger partial charge on any atom is -0.490 e. The summed E-state index contributed by atoms with van der Waals surface area (Å²) in [5.74, 6) is 0.609. The van der Waals surface area contributed by atoms with E-state index in [9.17, 15) is 9.59 Å². The summed E-state index contributed by atoms with van der Waals surface area (Å²) in [6.45, 7) is 4.17. The van der Waals surface area contributed by atoms with Crippen molar-refractivity contribution in [3.05, 3.63) is 91.1 Å². The number of hydrogen-bond acceptors (Lipinski definition) is 6. The van der Waals surface area contributed by atoms with Crippen LogP contribution in [0.15, 0.2) is 75.8 Å². The molecule has 1 heterocycles. The molecule has 1 aliphatic rings. The van der Waals surface area contributed by atoms with Gasteiger partial charge in [-0.3, -0.25) is 4.79 Å². The number of carbonyl (C=O) groups excluding carboxylic acids is 2. The molecule has 0 atom stereocenters. The maximum Gasteiger partial charge on any atom is 0.363 e. The Morgan fingerprint density at radius 1 is 1.14 bits per heavy atom. The van der Waals surface area contributed by atoms with Crippen molar-refractivity contribution in [1.82, 2.24) is 0 Å². The molecule has 9 heteroatoms. The summed E-state index contributed by atoms with van der Waals surface area (Å²) in [7, 11) is 0. The average molecular weight is 661 g/mol. The van der Waals surface area contributed by atoms with E-state index in [1.165, 1.54) is 6.92 Å². The molecule has 1 aliphatic heterocycles. The number of nitrogens with zero attached hydrogens (tertiary/aromatic N) is 1. The summed E-state index contributed by atoms with van der Waals surface area (Å²) in [4.78, 5) is 28.1. The molecule has 1 amide bonds. The van der Waals surface area contributed by atoms with E-state index in [1.54, 1.807) is 36.4 Å². The van der Waals surface area contributed by atoms with E-state index in [0.29, 0.717) is 46.0 Å². The van der Waals surface area contributed by atoms with Gasteiger partial charge in [0.2, 0.25) is 11.8 Å². The standard InChI is InChI=1S/C27H22BrIN2O5/c1-3-34-24-14-17(12-21(28)25(24)35-15-19-6-4-5-7-22(19)29)13-23-27(33)36-26(31-23)18-8-10-20(11-9-18)30-16(2)32/h4-14H,3,15H2,1-2H3,(H,30,32)/b23-13-. The van der Waals surface area contributed by atoms with E-state index in [4.69, 9.17) is 14.2 Å². The van der Waals surface area contributed by atoms with Crippen LogP contribution in [0.25, 0.3) is 6.08 Å². The number of amides is 1. The molecule has 0 bridgehead atoms. The van der Waals surface area contributed by atoms with Crippen molar-refractivity contribution in [3.63, 3.8) is 0 Å². The van der Waals surface area contributed by atoms with Crippen molar-refractivity contribution >= 4 is 68.1 Å². The number of anilines is 1. The zero-order valence-corrected chi connectivity index (χ0v) is 23.3. The van der Waals surface area contributed by atoms with E-state index >= 15 is 0 Å². The summed E-state index contributed by atoms with van der Waals surface area (Å²) < 4.78 is 19.1. The first-order chi connectivity index (χ1) is 17.3. The van der Waals surface area contributed by atoms with E-state index in [-0.39, 0.29) is 17.5 Å². The molecule has 0 radical (unpaired) electrons. The Labute approximate surface area is 230 Å². The first-order valence-electron chi connectivity index (χ1n) is 11.1. The lowest BCUT2D eigenvalue weighted by molar-refractivity contribution is -0.129. The second-order valence-corrected chi connectivity index (χ2v) is 9.75. The van der Waals surface area contributed by atoms with Gasteiger partial charge in [-0.2, -0.15) is 0 Å². The molecule has 0 spiro atoms. The monoisotopic (exact) mass is 660 g/mol. The van der Waals surface area contributed by atoms with Crippen LogP contribution in [-0.4, -0.2) is 24.4 Å². The lowest BCUT2D eigenvalue weighted by Crippen LogP contribution is -2.07. The summed E-state index contributed by atoms with van der Waals surface area (Å²) in [6, 6.07) is 18.5. The van der Waals surface area contributed by atoms with E-state index in [0.717, 1.165) is 9.13 Å². The summed E-state index contributed by atoms with van der Waals surface area (Å²) >= 11 is 5.86. The van der Waals surface area contributed by atoms with Gasteiger partial charge in [0, 0.05) is 27.3 Å². The highest BCUT2D eigenvalue weighted by molar-refractivity contribution is 14.1. The molecule has 184 valence electrons. The van der Waals surface area contributed by atoms with Crippen LogP contribution < -0.4 is 14.8 Å². The zero-order valence-electron chi connectivity index (χ0n) is 19.5. The molecule has 3 aromatic carbocycles.